The Morgan fingerprint density at radius 1 is 0.895 bits per heavy atom. The van der Waals surface area contributed by atoms with Gasteiger partial charge in [0, 0.05) is 24.8 Å². The molecule has 0 aromatic heterocycles. The molecule has 1 aliphatic heterocycles. The summed E-state index contributed by atoms with van der Waals surface area (Å²) >= 11 is 0. The molecule has 1 heterocycles. The van der Waals surface area contributed by atoms with E-state index in [1.807, 2.05) is 6.07 Å². The molecule has 5 nitrogen and oxygen atoms in total. The highest BCUT2D eigenvalue weighted by Gasteiger charge is 2.23. The van der Waals surface area contributed by atoms with Crippen molar-refractivity contribution in [3.8, 4) is 17.2 Å². The van der Waals surface area contributed by atoms with Crippen LogP contribution in [0.2, 0.25) is 0 Å². The van der Waals surface area contributed by atoms with Gasteiger partial charge < -0.3 is 19.9 Å². The molecular weight excluding hydrogens is 472 g/mol. The normalized spacial score (nSPS) is 17.9. The number of aryl methyl sites for hydroxylation is 1. The second kappa shape index (κ2) is 13.1. The molecule has 0 spiro atoms. The molecule has 202 valence electrons. The number of nitrogens with one attached hydrogen (secondary N) is 1. The highest BCUT2D eigenvalue weighted by atomic mass is 16.5. The number of hydrogen-bond donors (Lipinski definition) is 2. The molecule has 0 saturated carbocycles. The minimum atomic E-state index is 0.362. The summed E-state index contributed by atoms with van der Waals surface area (Å²) < 4.78 is 11.6. The molecule has 1 atom stereocenters. The highest BCUT2D eigenvalue weighted by Crippen LogP contribution is 2.38. The van der Waals surface area contributed by atoms with Crippen molar-refractivity contribution in [3.05, 3.63) is 82.9 Å². The van der Waals surface area contributed by atoms with Gasteiger partial charge in [0.05, 0.1) is 7.11 Å². The predicted octanol–water partition coefficient (Wildman–Crippen LogP) is 6.58. The summed E-state index contributed by atoms with van der Waals surface area (Å²) in [6.45, 7) is 5.05. The molecule has 5 heteroatoms. The quantitative estimate of drug-likeness (QED) is 0.320. The summed E-state index contributed by atoms with van der Waals surface area (Å²) in [5.41, 5.74) is 6.42. The molecule has 1 fully saturated rings. The molecular formula is C33H42N2O3. The molecule has 2 N–H and O–H groups in total. The van der Waals surface area contributed by atoms with Crippen LogP contribution >= 0.6 is 0 Å². The van der Waals surface area contributed by atoms with Crippen LogP contribution in [0.1, 0.15) is 60.3 Å². The Kier molecular flexibility index (Phi) is 9.08. The maximum absolute atomic E-state index is 9.84. The summed E-state index contributed by atoms with van der Waals surface area (Å²) in [4.78, 5) is 2.54. The molecule has 5 rings (SSSR count). The summed E-state index contributed by atoms with van der Waals surface area (Å²) in [6.07, 6.45) is 9.39. The van der Waals surface area contributed by atoms with Crippen molar-refractivity contribution in [1.29, 1.82) is 0 Å². The zero-order valence-corrected chi connectivity index (χ0v) is 22.8. The van der Waals surface area contributed by atoms with Gasteiger partial charge in [0.1, 0.15) is 23.9 Å². The number of nitrogens with zero attached hydrogens (tertiary/aromatic N) is 1. The van der Waals surface area contributed by atoms with Crippen molar-refractivity contribution in [3.63, 3.8) is 0 Å². The van der Waals surface area contributed by atoms with Gasteiger partial charge in [-0.05, 0) is 110 Å². The molecule has 0 bridgehead atoms. The van der Waals surface area contributed by atoms with E-state index < -0.39 is 0 Å². The van der Waals surface area contributed by atoms with E-state index in [1.165, 1.54) is 61.0 Å². The van der Waals surface area contributed by atoms with Gasteiger partial charge >= 0.3 is 0 Å². The third-order valence-electron chi connectivity index (χ3n) is 8.15. The zero-order chi connectivity index (χ0) is 26.2. The second-order valence-electron chi connectivity index (χ2n) is 10.8. The maximum atomic E-state index is 9.84. The number of likely N-dealkylation sites (tertiary alicyclic amines) is 1. The first kappa shape index (κ1) is 26.4. The van der Waals surface area contributed by atoms with Crippen molar-refractivity contribution >= 4 is 5.69 Å². The SMILES string of the molecule is COc1ccc(C2CCc3cc(O)ccc3C2)c(NCCc2ccc(OCCN3CCCCCC3)cc2)c1. The van der Waals surface area contributed by atoms with Crippen molar-refractivity contribution < 1.29 is 14.6 Å². The van der Waals surface area contributed by atoms with Crippen LogP contribution in [0.4, 0.5) is 5.69 Å². The standard InChI is InChI=1S/C33H42N2O3/c1-37-31-14-15-32(28-9-8-27-23-29(36)11-10-26(27)22-28)33(24-31)34-17-16-25-6-12-30(13-7-25)38-21-20-35-18-4-2-3-5-19-35/h6-7,10-15,23-24,28,34,36H,2-5,8-9,16-22H2,1H3. The Balaban J connectivity index is 1.14. The van der Waals surface area contributed by atoms with E-state index in [0.717, 1.165) is 62.6 Å². The number of methoxy groups -OCH3 is 1. The molecule has 0 radical (unpaired) electrons. The maximum Gasteiger partial charge on any atom is 0.120 e. The minimum Gasteiger partial charge on any atom is -0.508 e. The third kappa shape index (κ3) is 7.02. The Labute approximate surface area is 227 Å². The number of hydrogen-bond acceptors (Lipinski definition) is 5. The summed E-state index contributed by atoms with van der Waals surface area (Å²) in [6, 6.07) is 20.8. The van der Waals surface area contributed by atoms with Gasteiger partial charge in [0.2, 0.25) is 0 Å². The topological polar surface area (TPSA) is 54.0 Å². The fourth-order valence-electron chi connectivity index (χ4n) is 5.92. The van der Waals surface area contributed by atoms with Crippen LogP contribution < -0.4 is 14.8 Å². The lowest BCUT2D eigenvalue weighted by Crippen LogP contribution is -2.29. The Morgan fingerprint density at radius 3 is 2.47 bits per heavy atom. The summed E-state index contributed by atoms with van der Waals surface area (Å²) in [5.74, 6) is 2.64. The highest BCUT2D eigenvalue weighted by molar-refractivity contribution is 5.58. The van der Waals surface area contributed by atoms with Crippen molar-refractivity contribution in [1.82, 2.24) is 4.90 Å². The number of anilines is 1. The van der Waals surface area contributed by atoms with Gasteiger partial charge in [0.15, 0.2) is 0 Å². The molecule has 1 saturated heterocycles. The molecule has 1 aliphatic carbocycles. The molecule has 1 unspecified atom stereocenters. The molecule has 38 heavy (non-hydrogen) atoms. The average molecular weight is 515 g/mol. The van der Waals surface area contributed by atoms with E-state index in [-0.39, 0.29) is 0 Å². The van der Waals surface area contributed by atoms with Crippen LogP contribution in [-0.2, 0) is 19.3 Å². The number of rotatable bonds is 10. The van der Waals surface area contributed by atoms with E-state index >= 15 is 0 Å². The number of phenols is 1. The average Bonchev–Trinajstić information content (AvgIpc) is 3.22. The molecule has 3 aromatic rings. The Hall–Kier alpha value is -3.18. The van der Waals surface area contributed by atoms with E-state index in [0.29, 0.717) is 11.7 Å². The van der Waals surface area contributed by atoms with Crippen LogP contribution in [0.5, 0.6) is 17.2 Å². The lowest BCUT2D eigenvalue weighted by Gasteiger charge is -2.27. The van der Waals surface area contributed by atoms with Crippen LogP contribution in [0, 0.1) is 0 Å². The van der Waals surface area contributed by atoms with Crippen molar-refractivity contribution in [2.45, 2.75) is 57.3 Å². The predicted molar refractivity (Wildman–Crippen MR) is 155 cm³/mol. The fourth-order valence-corrected chi connectivity index (χ4v) is 5.92. The zero-order valence-electron chi connectivity index (χ0n) is 22.8. The van der Waals surface area contributed by atoms with Gasteiger partial charge in [-0.3, -0.25) is 4.90 Å². The number of phenolic OH excluding ortho intramolecular Hbond substituents is 1. The van der Waals surface area contributed by atoms with Gasteiger partial charge in [-0.15, -0.1) is 0 Å². The molecule has 0 amide bonds. The van der Waals surface area contributed by atoms with Crippen LogP contribution in [0.3, 0.4) is 0 Å². The largest absolute Gasteiger partial charge is 0.508 e. The Bertz CT molecular complexity index is 1170. The van der Waals surface area contributed by atoms with Gasteiger partial charge in [-0.2, -0.15) is 0 Å². The summed E-state index contributed by atoms with van der Waals surface area (Å²) in [5, 5.41) is 13.5. The minimum absolute atomic E-state index is 0.362. The molecule has 3 aromatic carbocycles. The van der Waals surface area contributed by atoms with E-state index in [2.05, 4.69) is 58.7 Å². The van der Waals surface area contributed by atoms with Crippen LogP contribution in [0.25, 0.3) is 0 Å². The second-order valence-corrected chi connectivity index (χ2v) is 10.8. The number of ether oxygens (including phenoxy) is 2. The molecule has 2 aliphatic rings. The Morgan fingerprint density at radius 2 is 1.68 bits per heavy atom. The van der Waals surface area contributed by atoms with Crippen molar-refractivity contribution in [2.75, 3.05) is 45.2 Å². The lowest BCUT2D eigenvalue weighted by molar-refractivity contribution is 0.214. The first-order valence-electron chi connectivity index (χ1n) is 14.3. The number of benzene rings is 3. The van der Waals surface area contributed by atoms with E-state index in [9.17, 15) is 5.11 Å². The van der Waals surface area contributed by atoms with E-state index in [1.54, 1.807) is 13.2 Å². The first-order chi connectivity index (χ1) is 18.7. The lowest BCUT2D eigenvalue weighted by atomic mass is 9.79. The third-order valence-corrected chi connectivity index (χ3v) is 8.15. The summed E-state index contributed by atoms with van der Waals surface area (Å²) in [7, 11) is 1.72. The number of aromatic hydroxyl groups is 1. The monoisotopic (exact) mass is 514 g/mol. The van der Waals surface area contributed by atoms with E-state index in [4.69, 9.17) is 9.47 Å². The van der Waals surface area contributed by atoms with Gasteiger partial charge in [0.25, 0.3) is 0 Å². The van der Waals surface area contributed by atoms with Crippen LogP contribution in [-0.4, -0.2) is 49.9 Å². The number of fused-ring (bicyclic) bond motifs is 1. The first-order valence-corrected chi connectivity index (χ1v) is 14.3. The van der Waals surface area contributed by atoms with Crippen LogP contribution in [0.15, 0.2) is 60.7 Å². The fraction of sp³-hybridized carbons (Fsp3) is 0.455. The smallest absolute Gasteiger partial charge is 0.120 e. The van der Waals surface area contributed by atoms with Gasteiger partial charge in [-0.1, -0.05) is 37.1 Å². The van der Waals surface area contributed by atoms with Gasteiger partial charge in [-0.25, -0.2) is 0 Å². The van der Waals surface area contributed by atoms with Crippen molar-refractivity contribution in [2.24, 2.45) is 0 Å².